The number of halogens is 1. The second-order valence-corrected chi connectivity index (χ2v) is 9.81. The molecule has 1 aliphatic rings. The van der Waals surface area contributed by atoms with E-state index in [4.69, 9.17) is 11.6 Å². The van der Waals surface area contributed by atoms with E-state index in [2.05, 4.69) is 41.0 Å². The highest BCUT2D eigenvalue weighted by molar-refractivity contribution is 6.30. The van der Waals surface area contributed by atoms with E-state index in [-0.39, 0.29) is 0 Å². The van der Waals surface area contributed by atoms with Gasteiger partial charge in [0.25, 0.3) is 0 Å². The van der Waals surface area contributed by atoms with Gasteiger partial charge in [-0.05, 0) is 30.7 Å². The number of benzene rings is 1. The zero-order valence-corrected chi connectivity index (χ0v) is 21.3. The number of aromatic nitrogens is 7. The molecule has 1 fully saturated rings. The molecule has 4 aromatic heterocycles. The number of piperazine rings is 1. The minimum Gasteiger partial charge on any atom is -0.381 e. The van der Waals surface area contributed by atoms with Crippen LogP contribution in [0.1, 0.15) is 18.1 Å². The lowest BCUT2D eigenvalue weighted by Gasteiger charge is -2.35. The van der Waals surface area contributed by atoms with Crippen LogP contribution in [0.3, 0.4) is 0 Å². The second kappa shape index (κ2) is 9.13. The van der Waals surface area contributed by atoms with E-state index in [1.54, 1.807) is 42.5 Å². The molecule has 188 valence electrons. The van der Waals surface area contributed by atoms with Crippen LogP contribution in [0.15, 0.2) is 67.6 Å². The van der Waals surface area contributed by atoms with Crippen LogP contribution in [0.4, 0.5) is 11.8 Å². The van der Waals surface area contributed by atoms with Gasteiger partial charge in [-0.25, -0.2) is 19.5 Å². The summed E-state index contributed by atoms with van der Waals surface area (Å²) in [7, 11) is 1.91. The summed E-state index contributed by atoms with van der Waals surface area (Å²) in [5.74, 6) is 1.55. The van der Waals surface area contributed by atoms with E-state index in [1.165, 1.54) is 0 Å². The van der Waals surface area contributed by atoms with Gasteiger partial charge in [-0.3, -0.25) is 4.68 Å². The highest BCUT2D eigenvalue weighted by atomic mass is 35.5. The molecule has 0 radical (unpaired) electrons. The van der Waals surface area contributed by atoms with Gasteiger partial charge in [0.2, 0.25) is 5.95 Å². The molecule has 11 heteroatoms. The molecule has 37 heavy (non-hydrogen) atoms. The van der Waals surface area contributed by atoms with Crippen LogP contribution in [-0.4, -0.2) is 65.6 Å². The Bertz CT molecular complexity index is 1530. The topological polar surface area (TPSA) is 100 Å². The van der Waals surface area contributed by atoms with E-state index in [1.807, 2.05) is 42.3 Å². The Morgan fingerprint density at radius 1 is 0.838 bits per heavy atom. The first-order valence-electron chi connectivity index (χ1n) is 12.0. The predicted molar refractivity (Wildman–Crippen MR) is 142 cm³/mol. The minimum absolute atomic E-state index is 0.623. The first kappa shape index (κ1) is 23.4. The van der Waals surface area contributed by atoms with E-state index in [0.29, 0.717) is 16.5 Å². The maximum absolute atomic E-state index is 11.1. The highest BCUT2D eigenvalue weighted by Crippen LogP contribution is 2.30. The SMILES string of the molecule is Cn1cc(-c2cc3c(N4CCN(c5ncc(C(C)(O)c6ccc(Cl)cc6)cn5)CC4)ncnn3c2)cn1. The van der Waals surface area contributed by atoms with Crippen molar-refractivity contribution in [1.29, 1.82) is 0 Å². The summed E-state index contributed by atoms with van der Waals surface area (Å²) in [5, 5.41) is 20.4. The second-order valence-electron chi connectivity index (χ2n) is 9.37. The quantitative estimate of drug-likeness (QED) is 0.381. The number of hydrogen-bond acceptors (Lipinski definition) is 8. The highest BCUT2D eigenvalue weighted by Gasteiger charge is 2.28. The number of nitrogens with zero attached hydrogens (tertiary/aromatic N) is 9. The molecule has 1 unspecified atom stereocenters. The van der Waals surface area contributed by atoms with Crippen LogP contribution < -0.4 is 9.80 Å². The summed E-state index contributed by atoms with van der Waals surface area (Å²) in [4.78, 5) is 18.2. The van der Waals surface area contributed by atoms with Crippen molar-refractivity contribution in [3.63, 3.8) is 0 Å². The van der Waals surface area contributed by atoms with Crippen molar-refractivity contribution in [2.24, 2.45) is 7.05 Å². The summed E-state index contributed by atoms with van der Waals surface area (Å²) in [6.07, 6.45) is 10.8. The zero-order valence-electron chi connectivity index (χ0n) is 20.5. The lowest BCUT2D eigenvalue weighted by atomic mass is 9.90. The number of aliphatic hydroxyl groups is 1. The van der Waals surface area contributed by atoms with Gasteiger partial charge in [-0.2, -0.15) is 10.2 Å². The molecule has 0 bridgehead atoms. The third-order valence-electron chi connectivity index (χ3n) is 6.89. The maximum atomic E-state index is 11.1. The third kappa shape index (κ3) is 4.38. The fourth-order valence-electron chi connectivity index (χ4n) is 4.68. The molecule has 5 aromatic rings. The fourth-order valence-corrected chi connectivity index (χ4v) is 4.81. The summed E-state index contributed by atoms with van der Waals surface area (Å²) < 4.78 is 3.66. The molecule has 1 saturated heterocycles. The molecule has 1 N–H and O–H groups in total. The van der Waals surface area contributed by atoms with Gasteiger partial charge < -0.3 is 14.9 Å². The number of hydrogen-bond donors (Lipinski definition) is 1. The van der Waals surface area contributed by atoms with Crippen LogP contribution in [0.25, 0.3) is 16.6 Å². The van der Waals surface area contributed by atoms with Gasteiger partial charge in [0.1, 0.15) is 17.4 Å². The summed E-state index contributed by atoms with van der Waals surface area (Å²) >= 11 is 5.99. The zero-order chi connectivity index (χ0) is 25.6. The maximum Gasteiger partial charge on any atom is 0.225 e. The molecule has 1 aromatic carbocycles. The standard InChI is InChI=1S/C26H26ClN9O/c1-26(37,20-3-5-22(27)6-4-20)21-13-28-25(29-14-21)35-9-7-34(8-10-35)24-23-11-18(16-36(23)32-17-30-24)19-12-31-33(2)15-19/h3-6,11-17,37H,7-10H2,1-2H3. The normalized spacial score (nSPS) is 15.8. The molecule has 1 atom stereocenters. The number of fused-ring (bicyclic) bond motifs is 1. The van der Waals surface area contributed by atoms with Crippen LogP contribution >= 0.6 is 11.6 Å². The van der Waals surface area contributed by atoms with Crippen molar-refractivity contribution in [2.45, 2.75) is 12.5 Å². The van der Waals surface area contributed by atoms with Crippen LogP contribution in [0.2, 0.25) is 5.02 Å². The first-order chi connectivity index (χ1) is 17.9. The molecular weight excluding hydrogens is 490 g/mol. The van der Waals surface area contributed by atoms with Gasteiger partial charge in [-0.1, -0.05) is 23.7 Å². The molecule has 0 aliphatic carbocycles. The average Bonchev–Trinajstić information content (AvgIpc) is 3.55. The van der Waals surface area contributed by atoms with Crippen molar-refractivity contribution >= 4 is 28.9 Å². The van der Waals surface area contributed by atoms with E-state index in [9.17, 15) is 5.11 Å². The molecular formula is C26H26ClN9O. The Morgan fingerprint density at radius 3 is 2.22 bits per heavy atom. The number of aryl methyl sites for hydroxylation is 1. The van der Waals surface area contributed by atoms with Gasteiger partial charge in [0, 0.05) is 79.7 Å². The third-order valence-corrected chi connectivity index (χ3v) is 7.14. The molecule has 1 aliphatic heterocycles. The Hall–Kier alpha value is -4.02. The van der Waals surface area contributed by atoms with E-state index < -0.39 is 5.60 Å². The molecule has 0 amide bonds. The van der Waals surface area contributed by atoms with Crippen molar-refractivity contribution < 1.29 is 5.11 Å². The Balaban J connectivity index is 1.17. The molecule has 10 nitrogen and oxygen atoms in total. The van der Waals surface area contributed by atoms with Crippen molar-refractivity contribution in [1.82, 2.24) is 34.3 Å². The number of anilines is 2. The average molecular weight is 516 g/mol. The van der Waals surface area contributed by atoms with Gasteiger partial charge in [0.15, 0.2) is 5.82 Å². The molecule has 5 heterocycles. The molecule has 0 spiro atoms. The Morgan fingerprint density at radius 2 is 1.54 bits per heavy atom. The minimum atomic E-state index is -1.22. The fraction of sp³-hybridized carbons (Fsp3) is 0.269. The van der Waals surface area contributed by atoms with E-state index >= 15 is 0 Å². The van der Waals surface area contributed by atoms with Gasteiger partial charge in [-0.15, -0.1) is 0 Å². The van der Waals surface area contributed by atoms with E-state index in [0.717, 1.165) is 54.2 Å². The summed E-state index contributed by atoms with van der Waals surface area (Å²) in [6, 6.07) is 9.25. The smallest absolute Gasteiger partial charge is 0.225 e. The van der Waals surface area contributed by atoms with Crippen molar-refractivity contribution in [3.8, 4) is 11.1 Å². The van der Waals surface area contributed by atoms with Gasteiger partial charge >= 0.3 is 0 Å². The van der Waals surface area contributed by atoms with Gasteiger partial charge in [0.05, 0.1) is 6.20 Å². The molecule has 0 saturated carbocycles. The van der Waals surface area contributed by atoms with Crippen LogP contribution in [0.5, 0.6) is 0 Å². The lowest BCUT2D eigenvalue weighted by molar-refractivity contribution is 0.101. The number of rotatable bonds is 5. The summed E-state index contributed by atoms with van der Waals surface area (Å²) in [6.45, 7) is 4.77. The van der Waals surface area contributed by atoms with Crippen molar-refractivity contribution in [3.05, 3.63) is 83.8 Å². The Labute approximate surface area is 218 Å². The first-order valence-corrected chi connectivity index (χ1v) is 12.4. The molecule has 6 rings (SSSR count). The van der Waals surface area contributed by atoms with Crippen LogP contribution in [0, 0.1) is 0 Å². The predicted octanol–water partition coefficient (Wildman–Crippen LogP) is 3.16. The monoisotopic (exact) mass is 515 g/mol. The largest absolute Gasteiger partial charge is 0.381 e. The van der Waals surface area contributed by atoms with Crippen molar-refractivity contribution in [2.75, 3.05) is 36.0 Å². The lowest BCUT2D eigenvalue weighted by Crippen LogP contribution is -2.47. The Kier molecular flexibility index (Phi) is 5.77. The summed E-state index contributed by atoms with van der Waals surface area (Å²) in [5.41, 5.74) is 3.19. The van der Waals surface area contributed by atoms with Crippen LogP contribution in [-0.2, 0) is 12.6 Å².